The Labute approximate surface area is 103 Å². The monoisotopic (exact) mass is 230 g/mol. The second kappa shape index (κ2) is 6.82. The van der Waals surface area contributed by atoms with Gasteiger partial charge in [0.1, 0.15) is 0 Å². The molecule has 3 nitrogen and oxygen atoms in total. The van der Waals surface area contributed by atoms with E-state index in [4.69, 9.17) is 5.26 Å². The highest BCUT2D eigenvalue weighted by molar-refractivity contribution is 5.96. The smallest absolute Gasteiger partial charge is 0.164 e. The van der Waals surface area contributed by atoms with Crippen LogP contribution in [-0.4, -0.2) is 30.8 Å². The van der Waals surface area contributed by atoms with Crippen LogP contribution in [0.4, 0.5) is 0 Å². The molecule has 3 heteroatoms. The summed E-state index contributed by atoms with van der Waals surface area (Å²) in [7, 11) is 1.94. The Kier molecular flexibility index (Phi) is 5.38. The van der Waals surface area contributed by atoms with Crippen LogP contribution in [0.25, 0.3) is 0 Å². The number of carbonyl (C=O) groups is 1. The zero-order chi connectivity index (χ0) is 12.7. The lowest BCUT2D eigenvalue weighted by molar-refractivity contribution is 0.0968. The largest absolute Gasteiger partial charge is 0.305 e. The van der Waals surface area contributed by atoms with Gasteiger partial charge in [-0.3, -0.25) is 4.79 Å². The maximum absolute atomic E-state index is 11.8. The topological polar surface area (TPSA) is 44.1 Å². The van der Waals surface area contributed by atoms with Crippen molar-refractivity contribution in [3.63, 3.8) is 0 Å². The molecule has 0 amide bonds. The Morgan fingerprint density at radius 2 is 2.06 bits per heavy atom. The summed E-state index contributed by atoms with van der Waals surface area (Å²) in [4.78, 5) is 13.8. The number of benzene rings is 1. The van der Waals surface area contributed by atoms with E-state index in [1.165, 1.54) is 0 Å². The van der Waals surface area contributed by atoms with Gasteiger partial charge in [0.05, 0.1) is 12.0 Å². The molecule has 1 aromatic carbocycles. The van der Waals surface area contributed by atoms with Gasteiger partial charge in [0.15, 0.2) is 5.78 Å². The molecule has 1 rings (SSSR count). The Balaban J connectivity index is 2.37. The Morgan fingerprint density at radius 3 is 2.65 bits per heavy atom. The minimum absolute atomic E-state index is 0.00632. The summed E-state index contributed by atoms with van der Waals surface area (Å²) in [6.45, 7) is 3.29. The number of ketones is 1. The molecule has 1 atom stereocenters. The first-order chi connectivity index (χ1) is 8.13. The van der Waals surface area contributed by atoms with Crippen LogP contribution in [0.1, 0.15) is 23.7 Å². The van der Waals surface area contributed by atoms with Gasteiger partial charge in [0, 0.05) is 25.1 Å². The van der Waals surface area contributed by atoms with Gasteiger partial charge in [0.2, 0.25) is 0 Å². The highest BCUT2D eigenvalue weighted by Crippen LogP contribution is 2.04. The minimum atomic E-state index is 0.00632. The third-order valence-electron chi connectivity index (χ3n) is 2.62. The van der Waals surface area contributed by atoms with E-state index in [0.717, 1.165) is 5.56 Å². The normalized spacial score (nSPS) is 12.1. The molecule has 1 unspecified atom stereocenters. The summed E-state index contributed by atoms with van der Waals surface area (Å²) in [5.41, 5.74) is 0.759. The van der Waals surface area contributed by atoms with Crippen molar-refractivity contribution in [2.45, 2.75) is 13.3 Å². The molecule has 0 aliphatic heterocycles. The van der Waals surface area contributed by atoms with Crippen molar-refractivity contribution in [3.8, 4) is 6.07 Å². The van der Waals surface area contributed by atoms with Crippen LogP contribution in [0.15, 0.2) is 30.3 Å². The predicted molar refractivity (Wildman–Crippen MR) is 67.7 cm³/mol. The second-order valence-corrected chi connectivity index (χ2v) is 4.33. The van der Waals surface area contributed by atoms with Gasteiger partial charge >= 0.3 is 0 Å². The molecule has 0 heterocycles. The summed E-state index contributed by atoms with van der Waals surface area (Å²) in [6, 6.07) is 11.5. The first-order valence-electron chi connectivity index (χ1n) is 5.80. The van der Waals surface area contributed by atoms with E-state index < -0.39 is 0 Å². The first-order valence-corrected chi connectivity index (χ1v) is 5.80. The van der Waals surface area contributed by atoms with Crippen LogP contribution in [-0.2, 0) is 0 Å². The molecule has 0 saturated heterocycles. The summed E-state index contributed by atoms with van der Waals surface area (Å²) in [5, 5.41) is 8.70. The first kappa shape index (κ1) is 13.4. The van der Waals surface area contributed by atoms with E-state index in [2.05, 4.69) is 6.07 Å². The van der Waals surface area contributed by atoms with Crippen molar-refractivity contribution in [2.24, 2.45) is 5.92 Å². The number of nitriles is 1. The molecule has 0 spiro atoms. The van der Waals surface area contributed by atoms with Gasteiger partial charge in [-0.2, -0.15) is 5.26 Å². The predicted octanol–water partition coefficient (Wildman–Crippen LogP) is 2.35. The lowest BCUT2D eigenvalue weighted by atomic mass is 10.1. The fraction of sp³-hybridized carbons (Fsp3) is 0.429. The Hall–Kier alpha value is -1.66. The molecule has 0 bridgehead atoms. The second-order valence-electron chi connectivity index (χ2n) is 4.33. The molecule has 0 radical (unpaired) electrons. The number of hydrogen-bond acceptors (Lipinski definition) is 3. The summed E-state index contributed by atoms with van der Waals surface area (Å²) >= 11 is 0. The number of hydrogen-bond donors (Lipinski definition) is 0. The van der Waals surface area contributed by atoms with Crippen LogP contribution in [0.3, 0.4) is 0 Å². The van der Waals surface area contributed by atoms with E-state index >= 15 is 0 Å². The molecule has 0 aliphatic rings. The van der Waals surface area contributed by atoms with Crippen LogP contribution < -0.4 is 0 Å². The number of nitrogens with zero attached hydrogens (tertiary/aromatic N) is 2. The molecule has 0 N–H and O–H groups in total. The summed E-state index contributed by atoms with van der Waals surface area (Å²) in [5.74, 6) is 0.161. The number of rotatable bonds is 6. The third-order valence-corrected chi connectivity index (χ3v) is 2.62. The average Bonchev–Trinajstić information content (AvgIpc) is 2.36. The van der Waals surface area contributed by atoms with E-state index in [-0.39, 0.29) is 11.7 Å². The van der Waals surface area contributed by atoms with Crippen molar-refractivity contribution in [2.75, 3.05) is 20.1 Å². The highest BCUT2D eigenvalue weighted by Gasteiger charge is 2.09. The van der Waals surface area contributed by atoms with Crippen molar-refractivity contribution in [1.29, 1.82) is 5.26 Å². The van der Waals surface area contributed by atoms with Crippen molar-refractivity contribution >= 4 is 5.78 Å². The van der Waals surface area contributed by atoms with Crippen molar-refractivity contribution in [3.05, 3.63) is 35.9 Å². The van der Waals surface area contributed by atoms with Gasteiger partial charge in [-0.05, 0) is 14.0 Å². The van der Waals surface area contributed by atoms with Gasteiger partial charge in [0.25, 0.3) is 0 Å². The minimum Gasteiger partial charge on any atom is -0.305 e. The third kappa shape index (κ3) is 4.80. The number of Topliss-reactive ketones (excluding diaryl/α,β-unsaturated/α-hetero) is 1. The molecule has 0 saturated carbocycles. The molecular weight excluding hydrogens is 212 g/mol. The van der Waals surface area contributed by atoms with Crippen LogP contribution in [0.5, 0.6) is 0 Å². The number of carbonyl (C=O) groups excluding carboxylic acids is 1. The molecule has 0 fully saturated rings. The zero-order valence-corrected chi connectivity index (χ0v) is 10.4. The Morgan fingerprint density at radius 1 is 1.41 bits per heavy atom. The quantitative estimate of drug-likeness (QED) is 0.705. The maximum Gasteiger partial charge on any atom is 0.164 e. The van der Waals surface area contributed by atoms with E-state index in [9.17, 15) is 4.79 Å². The zero-order valence-electron chi connectivity index (χ0n) is 10.4. The van der Waals surface area contributed by atoms with E-state index in [1.807, 2.05) is 49.2 Å². The maximum atomic E-state index is 11.8. The molecule has 17 heavy (non-hydrogen) atoms. The van der Waals surface area contributed by atoms with E-state index in [0.29, 0.717) is 19.5 Å². The lowest BCUT2D eigenvalue weighted by Crippen LogP contribution is -2.26. The van der Waals surface area contributed by atoms with Gasteiger partial charge in [-0.25, -0.2) is 0 Å². The average molecular weight is 230 g/mol. The van der Waals surface area contributed by atoms with Crippen LogP contribution >= 0.6 is 0 Å². The summed E-state index contributed by atoms with van der Waals surface area (Å²) < 4.78 is 0. The van der Waals surface area contributed by atoms with Gasteiger partial charge < -0.3 is 4.90 Å². The molecule has 1 aromatic rings. The molecule has 0 aliphatic carbocycles. The Bertz CT molecular complexity index is 394. The highest BCUT2D eigenvalue weighted by atomic mass is 16.1. The van der Waals surface area contributed by atoms with Gasteiger partial charge in [-0.15, -0.1) is 0 Å². The molecule has 0 aromatic heterocycles. The van der Waals surface area contributed by atoms with Gasteiger partial charge in [-0.1, -0.05) is 30.3 Å². The molecular formula is C14H18N2O. The van der Waals surface area contributed by atoms with Crippen molar-refractivity contribution < 1.29 is 4.79 Å². The fourth-order valence-electron chi connectivity index (χ4n) is 1.66. The fourth-order valence-corrected chi connectivity index (χ4v) is 1.66. The standard InChI is InChI=1S/C14H18N2O/c1-12(10-15)11-16(2)9-8-14(17)13-6-4-3-5-7-13/h3-7,12H,8-9,11H2,1-2H3. The van der Waals surface area contributed by atoms with E-state index in [1.54, 1.807) is 0 Å². The lowest BCUT2D eigenvalue weighted by Gasteiger charge is -2.16. The summed E-state index contributed by atoms with van der Waals surface area (Å²) in [6.07, 6.45) is 0.499. The van der Waals surface area contributed by atoms with Crippen molar-refractivity contribution in [1.82, 2.24) is 4.90 Å². The van der Waals surface area contributed by atoms with Crippen LogP contribution in [0.2, 0.25) is 0 Å². The van der Waals surface area contributed by atoms with Crippen LogP contribution in [0, 0.1) is 17.2 Å². The SMILES string of the molecule is CC(C#N)CN(C)CCC(=O)c1ccccc1. The molecule has 90 valence electrons.